The number of halogens is 2. The Morgan fingerprint density at radius 1 is 1.15 bits per heavy atom. The van der Waals surface area contributed by atoms with Crippen molar-refractivity contribution in [2.24, 2.45) is 23.2 Å². The van der Waals surface area contributed by atoms with Crippen LogP contribution < -0.4 is 4.74 Å². The normalized spacial score (nSPS) is 30.6. The predicted octanol–water partition coefficient (Wildman–Crippen LogP) is 5.86. The van der Waals surface area contributed by atoms with E-state index in [1.54, 1.807) is 6.07 Å². The van der Waals surface area contributed by atoms with E-state index in [0.717, 1.165) is 57.4 Å². The van der Waals surface area contributed by atoms with Gasteiger partial charge in [0.15, 0.2) is 0 Å². The number of alkyl halides is 2. The molecule has 0 radical (unpaired) electrons. The van der Waals surface area contributed by atoms with Crippen molar-refractivity contribution in [2.45, 2.75) is 102 Å². The van der Waals surface area contributed by atoms with Crippen molar-refractivity contribution < 1.29 is 37.5 Å². The molecule has 6 nitrogen and oxygen atoms in total. The average molecular weight is 569 g/mol. The standard InChI is InChI=1S/C30H42F2O6S/c1-29-14-12-23-22-7-6-21(38-27(36)11-10-26(34)35)18-20(22)17-19(28(23)24(29)8-9-25(29)33)5-3-15-39(37)16-4-13-30(2,31)32/h6-7,18-19,23-25,28,33H,3-5,8-17H2,1-2H3,(H,34,35)/t19-,23-,24+,25+,28-,29+,39?/m1/s1. The minimum absolute atomic E-state index is 0.0925. The highest BCUT2D eigenvalue weighted by atomic mass is 32.2. The molecule has 3 aliphatic carbocycles. The van der Waals surface area contributed by atoms with Gasteiger partial charge in [-0.05, 0) is 111 Å². The third kappa shape index (κ3) is 7.26. The van der Waals surface area contributed by atoms with Crippen molar-refractivity contribution in [1.82, 2.24) is 0 Å². The molecular formula is C30H42F2O6S. The van der Waals surface area contributed by atoms with Crippen LogP contribution in [0, 0.1) is 23.2 Å². The first kappa shape index (κ1) is 30.1. The third-order valence-corrected chi connectivity index (χ3v) is 11.0. The summed E-state index contributed by atoms with van der Waals surface area (Å²) in [5, 5.41) is 19.7. The molecule has 0 spiro atoms. The third-order valence-electron chi connectivity index (χ3n) is 9.53. The number of carbonyl (C=O) groups is 2. The Labute approximate surface area is 232 Å². The van der Waals surface area contributed by atoms with Crippen LogP contribution in [0.4, 0.5) is 8.78 Å². The maximum Gasteiger partial charge on any atom is 0.311 e. The molecule has 4 rings (SSSR count). The fourth-order valence-electron chi connectivity index (χ4n) is 7.63. The Morgan fingerprint density at radius 2 is 1.90 bits per heavy atom. The highest BCUT2D eigenvalue weighted by molar-refractivity contribution is 7.84. The molecule has 0 aliphatic heterocycles. The van der Waals surface area contributed by atoms with Crippen molar-refractivity contribution in [3.63, 3.8) is 0 Å². The molecule has 0 amide bonds. The van der Waals surface area contributed by atoms with Crippen molar-refractivity contribution in [1.29, 1.82) is 0 Å². The molecule has 0 saturated heterocycles. The minimum Gasteiger partial charge on any atom is -0.481 e. The molecule has 2 saturated carbocycles. The van der Waals surface area contributed by atoms with Crippen molar-refractivity contribution in [2.75, 3.05) is 11.5 Å². The number of esters is 1. The van der Waals surface area contributed by atoms with Gasteiger partial charge < -0.3 is 14.9 Å². The summed E-state index contributed by atoms with van der Waals surface area (Å²) in [5.41, 5.74) is 2.32. The SMILES string of the molecule is CC(F)(F)CCCS(=O)CCC[C@@H]1Cc2cc(OC(=O)CCC(=O)O)ccc2[C@H]2CC[C@]3(C)[C@@H](O)CC[C@H]3[C@H]12. The van der Waals surface area contributed by atoms with Gasteiger partial charge in [0, 0.05) is 28.7 Å². The number of aliphatic hydroxyl groups excluding tert-OH is 1. The molecule has 7 atom stereocenters. The molecule has 0 bridgehead atoms. The zero-order chi connectivity index (χ0) is 28.4. The molecule has 0 aromatic heterocycles. The van der Waals surface area contributed by atoms with Gasteiger partial charge in [-0.25, -0.2) is 8.78 Å². The summed E-state index contributed by atoms with van der Waals surface area (Å²) in [6, 6.07) is 5.77. The largest absolute Gasteiger partial charge is 0.481 e. The second-order valence-electron chi connectivity index (χ2n) is 12.3. The highest BCUT2D eigenvalue weighted by Crippen LogP contribution is 2.62. The molecule has 39 heavy (non-hydrogen) atoms. The number of carboxylic acids is 1. The number of rotatable bonds is 12. The number of hydrogen-bond acceptors (Lipinski definition) is 5. The van der Waals surface area contributed by atoms with Gasteiger partial charge in [0.25, 0.3) is 0 Å². The summed E-state index contributed by atoms with van der Waals surface area (Å²) in [4.78, 5) is 22.9. The summed E-state index contributed by atoms with van der Waals surface area (Å²) >= 11 is 0. The number of ether oxygens (including phenoxy) is 1. The smallest absolute Gasteiger partial charge is 0.311 e. The maximum atomic E-state index is 13.1. The average Bonchev–Trinajstić information content (AvgIpc) is 3.16. The predicted molar refractivity (Wildman–Crippen MR) is 145 cm³/mol. The lowest BCUT2D eigenvalue weighted by molar-refractivity contribution is -0.142. The van der Waals surface area contributed by atoms with Gasteiger partial charge in [0.2, 0.25) is 5.92 Å². The van der Waals surface area contributed by atoms with Crippen LogP contribution in [-0.2, 0) is 26.8 Å². The number of carbonyl (C=O) groups excluding carboxylic acids is 1. The van der Waals surface area contributed by atoms with E-state index in [1.165, 1.54) is 5.56 Å². The highest BCUT2D eigenvalue weighted by Gasteiger charge is 2.56. The van der Waals surface area contributed by atoms with E-state index in [4.69, 9.17) is 9.84 Å². The van der Waals surface area contributed by atoms with Crippen molar-refractivity contribution >= 4 is 22.7 Å². The first-order chi connectivity index (χ1) is 18.4. The van der Waals surface area contributed by atoms with E-state index in [-0.39, 0.29) is 37.2 Å². The lowest BCUT2D eigenvalue weighted by Gasteiger charge is -2.53. The first-order valence-corrected chi connectivity index (χ1v) is 15.8. The molecule has 1 aromatic rings. The molecule has 1 unspecified atom stereocenters. The van der Waals surface area contributed by atoms with E-state index in [9.17, 15) is 27.7 Å². The fourth-order valence-corrected chi connectivity index (χ4v) is 8.79. The number of benzene rings is 1. The summed E-state index contributed by atoms with van der Waals surface area (Å²) in [7, 11) is -1.12. The van der Waals surface area contributed by atoms with E-state index < -0.39 is 28.7 Å². The Balaban J connectivity index is 1.47. The molecular weight excluding hydrogens is 526 g/mol. The minimum atomic E-state index is -2.72. The van der Waals surface area contributed by atoms with Gasteiger partial charge in [-0.15, -0.1) is 0 Å². The lowest BCUT2D eigenvalue weighted by Crippen LogP contribution is -2.47. The van der Waals surface area contributed by atoms with Crippen molar-refractivity contribution in [3.8, 4) is 5.75 Å². The summed E-state index contributed by atoms with van der Waals surface area (Å²) in [5.74, 6) is -1.63. The van der Waals surface area contributed by atoms with E-state index in [1.807, 2.05) is 6.07 Å². The Bertz CT molecular complexity index is 1070. The van der Waals surface area contributed by atoms with Gasteiger partial charge in [-0.2, -0.15) is 0 Å². The Hall–Kier alpha value is -1.87. The van der Waals surface area contributed by atoms with Gasteiger partial charge >= 0.3 is 11.9 Å². The van der Waals surface area contributed by atoms with E-state index in [0.29, 0.717) is 40.9 Å². The van der Waals surface area contributed by atoms with Crippen LogP contribution in [0.15, 0.2) is 18.2 Å². The number of aliphatic carboxylic acids is 1. The molecule has 1 aromatic carbocycles. The van der Waals surface area contributed by atoms with Crippen LogP contribution in [0.2, 0.25) is 0 Å². The maximum absolute atomic E-state index is 13.1. The fraction of sp³-hybridized carbons (Fsp3) is 0.733. The summed E-state index contributed by atoms with van der Waals surface area (Å²) < 4.78 is 44.2. The van der Waals surface area contributed by atoms with Crippen LogP contribution in [-0.4, -0.2) is 49.9 Å². The zero-order valence-corrected chi connectivity index (χ0v) is 23.8. The molecule has 2 fully saturated rings. The second kappa shape index (κ2) is 12.3. The number of aliphatic hydroxyl groups is 1. The number of fused-ring (bicyclic) bond motifs is 5. The van der Waals surface area contributed by atoms with E-state index >= 15 is 0 Å². The Morgan fingerprint density at radius 3 is 2.62 bits per heavy atom. The monoisotopic (exact) mass is 568 g/mol. The quantitative estimate of drug-likeness (QED) is 0.242. The van der Waals surface area contributed by atoms with Gasteiger partial charge in [0.05, 0.1) is 18.9 Å². The molecule has 0 heterocycles. The Kier molecular flexibility index (Phi) is 9.52. The van der Waals surface area contributed by atoms with Crippen LogP contribution >= 0.6 is 0 Å². The van der Waals surface area contributed by atoms with Gasteiger partial charge in [-0.3, -0.25) is 13.8 Å². The first-order valence-electron chi connectivity index (χ1n) is 14.3. The van der Waals surface area contributed by atoms with Gasteiger partial charge in [-0.1, -0.05) is 13.0 Å². The summed E-state index contributed by atoms with van der Waals surface area (Å²) in [6.07, 6.45) is 5.46. The van der Waals surface area contributed by atoms with Crippen LogP contribution in [0.25, 0.3) is 0 Å². The van der Waals surface area contributed by atoms with Crippen molar-refractivity contribution in [3.05, 3.63) is 29.3 Å². The van der Waals surface area contributed by atoms with Crippen LogP contribution in [0.5, 0.6) is 5.75 Å². The van der Waals surface area contributed by atoms with E-state index in [2.05, 4.69) is 13.0 Å². The van der Waals surface area contributed by atoms with Crippen LogP contribution in [0.3, 0.4) is 0 Å². The topological polar surface area (TPSA) is 101 Å². The molecule has 3 aliphatic rings. The zero-order valence-electron chi connectivity index (χ0n) is 23.0. The molecule has 9 heteroatoms. The lowest BCUT2D eigenvalue weighted by atomic mass is 9.52. The molecule has 218 valence electrons. The molecule has 2 N–H and O–H groups in total. The van der Waals surface area contributed by atoms with Gasteiger partial charge in [0.1, 0.15) is 5.75 Å². The summed E-state index contributed by atoms with van der Waals surface area (Å²) in [6.45, 7) is 3.13. The number of hydrogen-bond donors (Lipinski definition) is 2. The number of carboxylic acid groups (broad SMARTS) is 1. The van der Waals surface area contributed by atoms with Crippen LogP contribution in [0.1, 0.15) is 95.1 Å². The second-order valence-corrected chi connectivity index (χ2v) is 14.0.